The predicted octanol–water partition coefficient (Wildman–Crippen LogP) is -0.0467. The molecule has 0 aromatic heterocycles. The van der Waals surface area contributed by atoms with E-state index in [1.165, 1.54) is 0 Å². The number of nitrogens with two attached hydrogens (primary N) is 1. The first kappa shape index (κ1) is 17.2. The van der Waals surface area contributed by atoms with E-state index in [-0.39, 0.29) is 24.5 Å². The Morgan fingerprint density at radius 1 is 1.39 bits per heavy atom. The summed E-state index contributed by atoms with van der Waals surface area (Å²) in [7, 11) is 3.39. The van der Waals surface area contributed by atoms with E-state index in [1.54, 1.807) is 48.2 Å². The van der Waals surface area contributed by atoms with Gasteiger partial charge in [-0.2, -0.15) is 0 Å². The molecule has 7 heteroatoms. The van der Waals surface area contributed by atoms with Crippen molar-refractivity contribution in [2.75, 3.05) is 46.9 Å². The SMILES string of the molecule is COc1ccc(C(=O)N2CCO[C@H](CN(C)CC(N)=O)C2)cc1. The molecule has 23 heavy (non-hydrogen) atoms. The Morgan fingerprint density at radius 3 is 2.70 bits per heavy atom. The van der Waals surface area contributed by atoms with Gasteiger partial charge in [0.25, 0.3) is 5.91 Å². The number of ether oxygens (including phenoxy) is 2. The molecule has 1 heterocycles. The largest absolute Gasteiger partial charge is 0.497 e. The predicted molar refractivity (Wildman–Crippen MR) is 85.3 cm³/mol. The highest BCUT2D eigenvalue weighted by molar-refractivity contribution is 5.94. The molecule has 1 aliphatic heterocycles. The van der Waals surface area contributed by atoms with Crippen LogP contribution in [0.3, 0.4) is 0 Å². The van der Waals surface area contributed by atoms with Crippen LogP contribution in [-0.4, -0.2) is 74.7 Å². The second kappa shape index (κ2) is 7.94. The highest BCUT2D eigenvalue weighted by Crippen LogP contribution is 2.15. The third-order valence-electron chi connectivity index (χ3n) is 3.70. The van der Waals surface area contributed by atoms with Gasteiger partial charge in [-0.25, -0.2) is 0 Å². The van der Waals surface area contributed by atoms with E-state index >= 15 is 0 Å². The van der Waals surface area contributed by atoms with Crippen LogP contribution in [0.2, 0.25) is 0 Å². The Kier molecular flexibility index (Phi) is 5.95. The molecule has 2 amide bonds. The van der Waals surface area contributed by atoms with Crippen molar-refractivity contribution in [3.8, 4) is 5.75 Å². The van der Waals surface area contributed by atoms with Crippen molar-refractivity contribution in [2.24, 2.45) is 5.73 Å². The van der Waals surface area contributed by atoms with Crippen molar-refractivity contribution in [3.05, 3.63) is 29.8 Å². The average Bonchev–Trinajstić information content (AvgIpc) is 2.53. The van der Waals surface area contributed by atoms with Crippen LogP contribution in [0.1, 0.15) is 10.4 Å². The number of primary amides is 1. The van der Waals surface area contributed by atoms with Crippen LogP contribution in [0.15, 0.2) is 24.3 Å². The molecule has 0 unspecified atom stereocenters. The van der Waals surface area contributed by atoms with Crippen LogP contribution in [0.4, 0.5) is 0 Å². The summed E-state index contributed by atoms with van der Waals surface area (Å²) in [5.74, 6) is 0.308. The summed E-state index contributed by atoms with van der Waals surface area (Å²) in [6.07, 6.45) is -0.129. The van der Waals surface area contributed by atoms with E-state index in [1.807, 2.05) is 0 Å². The number of benzene rings is 1. The molecule has 2 N–H and O–H groups in total. The maximum absolute atomic E-state index is 12.6. The molecule has 0 radical (unpaired) electrons. The third-order valence-corrected chi connectivity index (χ3v) is 3.70. The quantitative estimate of drug-likeness (QED) is 0.794. The van der Waals surface area contributed by atoms with Crippen LogP contribution in [0.25, 0.3) is 0 Å². The summed E-state index contributed by atoms with van der Waals surface area (Å²) < 4.78 is 10.8. The first-order chi connectivity index (χ1) is 11.0. The van der Waals surface area contributed by atoms with Gasteiger partial charge in [0.05, 0.1) is 26.4 Å². The van der Waals surface area contributed by atoms with Gasteiger partial charge in [-0.3, -0.25) is 14.5 Å². The minimum atomic E-state index is -0.380. The van der Waals surface area contributed by atoms with Crippen molar-refractivity contribution in [1.29, 1.82) is 0 Å². The average molecular weight is 321 g/mol. The van der Waals surface area contributed by atoms with Crippen molar-refractivity contribution in [1.82, 2.24) is 9.80 Å². The number of hydrogen-bond acceptors (Lipinski definition) is 5. The number of methoxy groups -OCH3 is 1. The monoisotopic (exact) mass is 321 g/mol. The van der Waals surface area contributed by atoms with Gasteiger partial charge in [0, 0.05) is 25.2 Å². The van der Waals surface area contributed by atoms with Gasteiger partial charge in [-0.05, 0) is 31.3 Å². The Hall–Kier alpha value is -2.12. The minimum absolute atomic E-state index is 0.0292. The number of carbonyl (C=O) groups excluding carboxylic acids is 2. The normalized spacial score (nSPS) is 18.0. The zero-order valence-electron chi connectivity index (χ0n) is 13.5. The molecule has 7 nitrogen and oxygen atoms in total. The second-order valence-electron chi connectivity index (χ2n) is 5.64. The summed E-state index contributed by atoms with van der Waals surface area (Å²) >= 11 is 0. The molecule has 1 saturated heterocycles. The van der Waals surface area contributed by atoms with Crippen molar-refractivity contribution >= 4 is 11.8 Å². The standard InChI is InChI=1S/C16H23N3O4/c1-18(11-15(17)20)9-14-10-19(7-8-23-14)16(21)12-3-5-13(22-2)6-4-12/h3-6,14H,7-11H2,1-2H3,(H2,17,20)/t14-/m1/s1. The number of hydrogen-bond donors (Lipinski definition) is 1. The lowest BCUT2D eigenvalue weighted by Gasteiger charge is -2.34. The van der Waals surface area contributed by atoms with Gasteiger partial charge in [-0.15, -0.1) is 0 Å². The summed E-state index contributed by atoms with van der Waals surface area (Å²) in [6, 6.07) is 7.05. The molecule has 1 atom stereocenters. The number of amides is 2. The fraction of sp³-hybridized carbons (Fsp3) is 0.500. The van der Waals surface area contributed by atoms with Crippen LogP contribution >= 0.6 is 0 Å². The number of morpholine rings is 1. The van der Waals surface area contributed by atoms with Gasteiger partial charge in [0.2, 0.25) is 5.91 Å². The first-order valence-corrected chi connectivity index (χ1v) is 7.51. The lowest BCUT2D eigenvalue weighted by Crippen LogP contribution is -2.49. The molecular formula is C16H23N3O4. The Balaban J connectivity index is 1.94. The van der Waals surface area contributed by atoms with Crippen molar-refractivity contribution in [2.45, 2.75) is 6.10 Å². The topological polar surface area (TPSA) is 85.1 Å². The molecule has 1 aromatic carbocycles. The molecule has 2 rings (SSSR count). The lowest BCUT2D eigenvalue weighted by atomic mass is 10.1. The van der Waals surface area contributed by atoms with E-state index in [2.05, 4.69) is 0 Å². The van der Waals surface area contributed by atoms with Gasteiger partial charge in [-0.1, -0.05) is 0 Å². The molecule has 0 saturated carbocycles. The van der Waals surface area contributed by atoms with Crippen LogP contribution in [-0.2, 0) is 9.53 Å². The van der Waals surface area contributed by atoms with Crippen LogP contribution in [0.5, 0.6) is 5.75 Å². The maximum Gasteiger partial charge on any atom is 0.254 e. The smallest absolute Gasteiger partial charge is 0.254 e. The van der Waals surface area contributed by atoms with E-state index in [4.69, 9.17) is 15.2 Å². The highest BCUT2D eigenvalue weighted by atomic mass is 16.5. The third kappa shape index (κ3) is 4.94. The van der Waals surface area contributed by atoms with Crippen molar-refractivity contribution < 1.29 is 19.1 Å². The Labute approximate surface area is 135 Å². The number of carbonyl (C=O) groups is 2. The first-order valence-electron chi connectivity index (χ1n) is 7.51. The van der Waals surface area contributed by atoms with E-state index in [9.17, 15) is 9.59 Å². The summed E-state index contributed by atoms with van der Waals surface area (Å²) in [6.45, 7) is 2.26. The van der Waals surface area contributed by atoms with Gasteiger partial charge in [0.1, 0.15) is 5.75 Å². The summed E-state index contributed by atoms with van der Waals surface area (Å²) in [5, 5.41) is 0. The Bertz CT molecular complexity index is 547. The highest BCUT2D eigenvalue weighted by Gasteiger charge is 2.26. The zero-order chi connectivity index (χ0) is 16.8. The second-order valence-corrected chi connectivity index (χ2v) is 5.64. The number of nitrogens with zero attached hydrogens (tertiary/aromatic N) is 2. The number of likely N-dealkylation sites (N-methyl/N-ethyl adjacent to an activating group) is 1. The van der Waals surface area contributed by atoms with Crippen molar-refractivity contribution in [3.63, 3.8) is 0 Å². The zero-order valence-corrected chi connectivity index (χ0v) is 13.5. The van der Waals surface area contributed by atoms with E-state index < -0.39 is 0 Å². The Morgan fingerprint density at radius 2 is 2.09 bits per heavy atom. The van der Waals surface area contributed by atoms with Crippen LogP contribution in [0, 0.1) is 0 Å². The fourth-order valence-electron chi connectivity index (χ4n) is 2.61. The van der Waals surface area contributed by atoms with Crippen LogP contribution < -0.4 is 10.5 Å². The maximum atomic E-state index is 12.6. The van der Waals surface area contributed by atoms with Gasteiger partial charge < -0.3 is 20.1 Å². The molecule has 126 valence electrons. The van der Waals surface area contributed by atoms with Gasteiger partial charge in [0.15, 0.2) is 0 Å². The summed E-state index contributed by atoms with van der Waals surface area (Å²) in [5.41, 5.74) is 5.80. The minimum Gasteiger partial charge on any atom is -0.497 e. The molecule has 1 fully saturated rings. The molecule has 1 aromatic rings. The van der Waals surface area contributed by atoms with Gasteiger partial charge >= 0.3 is 0 Å². The molecule has 0 aliphatic carbocycles. The molecule has 0 spiro atoms. The van der Waals surface area contributed by atoms with E-state index in [0.29, 0.717) is 31.8 Å². The summed E-state index contributed by atoms with van der Waals surface area (Å²) in [4.78, 5) is 27.0. The molecular weight excluding hydrogens is 298 g/mol. The molecule has 1 aliphatic rings. The number of rotatable bonds is 6. The fourth-order valence-corrected chi connectivity index (χ4v) is 2.61. The lowest BCUT2D eigenvalue weighted by molar-refractivity contribution is -0.119. The molecule has 0 bridgehead atoms. The van der Waals surface area contributed by atoms with E-state index in [0.717, 1.165) is 5.75 Å².